The summed E-state index contributed by atoms with van der Waals surface area (Å²) in [6, 6.07) is 4.41. The first-order chi connectivity index (χ1) is 8.24. The molecule has 1 aliphatic rings. The van der Waals surface area contributed by atoms with E-state index in [0.717, 1.165) is 18.9 Å². The molecule has 4 nitrogen and oxygen atoms in total. The molecule has 2 unspecified atom stereocenters. The topological polar surface area (TPSA) is 48.4 Å². The van der Waals surface area contributed by atoms with Gasteiger partial charge in [0.2, 0.25) is 0 Å². The molecule has 0 aliphatic carbocycles. The summed E-state index contributed by atoms with van der Waals surface area (Å²) in [5.74, 6) is 1.49. The normalized spacial score (nSPS) is 25.1. The fourth-order valence-corrected chi connectivity index (χ4v) is 2.52. The second-order valence-corrected chi connectivity index (χ2v) is 4.79. The summed E-state index contributed by atoms with van der Waals surface area (Å²) in [6.45, 7) is 4.44. The molecule has 0 bridgehead atoms. The van der Waals surface area contributed by atoms with Gasteiger partial charge in [-0.3, -0.25) is 4.90 Å². The molecule has 2 heterocycles. The molecule has 17 heavy (non-hydrogen) atoms. The van der Waals surface area contributed by atoms with Crippen molar-refractivity contribution in [3.8, 4) is 0 Å². The summed E-state index contributed by atoms with van der Waals surface area (Å²) >= 11 is 0. The van der Waals surface area contributed by atoms with Gasteiger partial charge in [-0.15, -0.1) is 0 Å². The fraction of sp³-hybridized carbons (Fsp3) is 0.615. The van der Waals surface area contributed by atoms with Crippen molar-refractivity contribution in [2.75, 3.05) is 25.5 Å². The van der Waals surface area contributed by atoms with E-state index in [4.69, 9.17) is 0 Å². The van der Waals surface area contributed by atoms with Gasteiger partial charge in [0.1, 0.15) is 5.82 Å². The van der Waals surface area contributed by atoms with Crippen LogP contribution in [0, 0.1) is 5.92 Å². The highest BCUT2D eigenvalue weighted by atomic mass is 16.3. The number of aromatic nitrogens is 1. The van der Waals surface area contributed by atoms with Gasteiger partial charge < -0.3 is 10.4 Å². The van der Waals surface area contributed by atoms with Gasteiger partial charge in [0.05, 0.1) is 6.61 Å². The van der Waals surface area contributed by atoms with E-state index >= 15 is 0 Å². The lowest BCUT2D eigenvalue weighted by Crippen LogP contribution is -2.34. The maximum Gasteiger partial charge on any atom is 0.125 e. The van der Waals surface area contributed by atoms with E-state index in [2.05, 4.69) is 28.2 Å². The molecule has 0 radical (unpaired) electrons. The first kappa shape index (κ1) is 12.3. The third kappa shape index (κ3) is 2.76. The Labute approximate surface area is 103 Å². The van der Waals surface area contributed by atoms with Crippen LogP contribution in [0.5, 0.6) is 0 Å². The Kier molecular flexibility index (Phi) is 3.97. The van der Waals surface area contributed by atoms with Crippen molar-refractivity contribution in [3.63, 3.8) is 0 Å². The van der Waals surface area contributed by atoms with Crippen LogP contribution in [0.15, 0.2) is 18.3 Å². The van der Waals surface area contributed by atoms with Crippen molar-refractivity contribution >= 4 is 5.82 Å². The first-order valence-electron chi connectivity index (χ1n) is 6.22. The Bertz CT molecular complexity index is 369. The van der Waals surface area contributed by atoms with Crippen LogP contribution >= 0.6 is 0 Å². The predicted molar refractivity (Wildman–Crippen MR) is 68.8 cm³/mol. The molecule has 94 valence electrons. The minimum Gasteiger partial charge on any atom is -0.395 e. The molecule has 0 saturated carbocycles. The average Bonchev–Trinajstić information content (AvgIpc) is 2.70. The minimum absolute atomic E-state index is 0.255. The largest absolute Gasteiger partial charge is 0.395 e. The molecule has 2 N–H and O–H groups in total. The number of aliphatic hydroxyl groups is 1. The monoisotopic (exact) mass is 235 g/mol. The third-order valence-electron chi connectivity index (χ3n) is 3.65. The Hall–Kier alpha value is -1.13. The lowest BCUT2D eigenvalue weighted by molar-refractivity contribution is 0.134. The molecular formula is C13H21N3O. The standard InChI is InChI=1S/C13H21N3O/c1-10-4-6-16(12(10)9-17)8-11-3-5-15-13(7-11)14-2/h3,5,7,10,12,17H,4,6,8-9H2,1-2H3,(H,14,15). The van der Waals surface area contributed by atoms with Crippen LogP contribution in [0.25, 0.3) is 0 Å². The number of rotatable bonds is 4. The highest BCUT2D eigenvalue weighted by Gasteiger charge is 2.30. The lowest BCUT2D eigenvalue weighted by atomic mass is 10.0. The highest BCUT2D eigenvalue weighted by molar-refractivity contribution is 5.36. The molecule has 1 saturated heterocycles. The van der Waals surface area contributed by atoms with Crippen LogP contribution in [-0.2, 0) is 6.54 Å². The predicted octanol–water partition coefficient (Wildman–Crippen LogP) is 1.33. The molecule has 2 rings (SSSR count). The Morgan fingerprint density at radius 3 is 3.12 bits per heavy atom. The van der Waals surface area contributed by atoms with E-state index in [-0.39, 0.29) is 6.61 Å². The maximum absolute atomic E-state index is 9.42. The van der Waals surface area contributed by atoms with Gasteiger partial charge in [0, 0.05) is 25.8 Å². The van der Waals surface area contributed by atoms with E-state index < -0.39 is 0 Å². The van der Waals surface area contributed by atoms with E-state index in [1.165, 1.54) is 12.0 Å². The lowest BCUT2D eigenvalue weighted by Gasteiger charge is -2.25. The first-order valence-corrected chi connectivity index (χ1v) is 6.22. The van der Waals surface area contributed by atoms with Crippen LogP contribution in [-0.4, -0.2) is 41.2 Å². The number of pyridine rings is 1. The van der Waals surface area contributed by atoms with E-state index in [9.17, 15) is 5.11 Å². The maximum atomic E-state index is 9.42. The second-order valence-electron chi connectivity index (χ2n) is 4.79. The summed E-state index contributed by atoms with van der Waals surface area (Å²) < 4.78 is 0. The number of hydrogen-bond acceptors (Lipinski definition) is 4. The van der Waals surface area contributed by atoms with Crippen LogP contribution in [0.2, 0.25) is 0 Å². The van der Waals surface area contributed by atoms with Crippen molar-refractivity contribution < 1.29 is 5.11 Å². The van der Waals surface area contributed by atoms with Crippen molar-refractivity contribution in [2.24, 2.45) is 5.92 Å². The molecule has 1 aliphatic heterocycles. The quantitative estimate of drug-likeness (QED) is 0.826. The molecule has 1 aromatic rings. The van der Waals surface area contributed by atoms with Crippen LogP contribution in [0.1, 0.15) is 18.9 Å². The smallest absolute Gasteiger partial charge is 0.125 e. The van der Waals surface area contributed by atoms with Gasteiger partial charge in [-0.25, -0.2) is 4.98 Å². The van der Waals surface area contributed by atoms with Gasteiger partial charge in [0.15, 0.2) is 0 Å². The molecule has 0 amide bonds. The number of anilines is 1. The fourth-order valence-electron chi connectivity index (χ4n) is 2.52. The van der Waals surface area contributed by atoms with Gasteiger partial charge in [-0.2, -0.15) is 0 Å². The molecule has 1 aromatic heterocycles. The van der Waals surface area contributed by atoms with Gasteiger partial charge in [-0.1, -0.05) is 6.92 Å². The van der Waals surface area contributed by atoms with Crippen LogP contribution in [0.3, 0.4) is 0 Å². The van der Waals surface area contributed by atoms with Gasteiger partial charge in [0.25, 0.3) is 0 Å². The zero-order chi connectivity index (χ0) is 12.3. The molecule has 4 heteroatoms. The Morgan fingerprint density at radius 1 is 1.59 bits per heavy atom. The number of likely N-dealkylation sites (tertiary alicyclic amines) is 1. The van der Waals surface area contributed by atoms with Crippen LogP contribution in [0.4, 0.5) is 5.82 Å². The molecule has 0 spiro atoms. The van der Waals surface area contributed by atoms with E-state index in [1.807, 2.05) is 19.3 Å². The molecule has 1 fully saturated rings. The van der Waals surface area contributed by atoms with Crippen LogP contribution < -0.4 is 5.32 Å². The molecule has 2 atom stereocenters. The van der Waals surface area contributed by atoms with Crippen molar-refractivity contribution in [2.45, 2.75) is 25.9 Å². The average molecular weight is 235 g/mol. The number of aliphatic hydroxyl groups excluding tert-OH is 1. The van der Waals surface area contributed by atoms with Gasteiger partial charge >= 0.3 is 0 Å². The van der Waals surface area contributed by atoms with Crippen molar-refractivity contribution in [1.29, 1.82) is 0 Å². The number of hydrogen-bond donors (Lipinski definition) is 2. The van der Waals surface area contributed by atoms with Gasteiger partial charge in [-0.05, 0) is 36.6 Å². The zero-order valence-electron chi connectivity index (χ0n) is 10.6. The second kappa shape index (κ2) is 5.47. The van der Waals surface area contributed by atoms with Crippen molar-refractivity contribution in [3.05, 3.63) is 23.9 Å². The zero-order valence-corrected chi connectivity index (χ0v) is 10.6. The molecular weight excluding hydrogens is 214 g/mol. The van der Waals surface area contributed by atoms with E-state index in [1.54, 1.807) is 0 Å². The summed E-state index contributed by atoms with van der Waals surface area (Å²) in [5.41, 5.74) is 1.25. The van der Waals surface area contributed by atoms with Crippen molar-refractivity contribution in [1.82, 2.24) is 9.88 Å². The summed E-state index contributed by atoms with van der Waals surface area (Å²) in [4.78, 5) is 6.57. The highest BCUT2D eigenvalue weighted by Crippen LogP contribution is 2.25. The summed E-state index contributed by atoms with van der Waals surface area (Å²) in [7, 11) is 1.88. The number of nitrogens with zero attached hydrogens (tertiary/aromatic N) is 2. The molecule has 0 aromatic carbocycles. The summed E-state index contributed by atoms with van der Waals surface area (Å²) in [5, 5.41) is 12.5. The number of nitrogens with one attached hydrogen (secondary N) is 1. The minimum atomic E-state index is 0.255. The Balaban J connectivity index is 2.04. The SMILES string of the molecule is CNc1cc(CN2CCC(C)C2CO)ccn1. The third-order valence-corrected chi connectivity index (χ3v) is 3.65. The summed E-state index contributed by atoms with van der Waals surface area (Å²) in [6.07, 6.45) is 3.00. The Morgan fingerprint density at radius 2 is 2.41 bits per heavy atom. The van der Waals surface area contributed by atoms with E-state index in [0.29, 0.717) is 12.0 Å².